The van der Waals surface area contributed by atoms with Crippen LogP contribution in [0.5, 0.6) is 0 Å². The second-order valence-electron chi connectivity index (χ2n) is 9.45. The Hall–Kier alpha value is -1.88. The molecule has 0 spiro atoms. The number of para-hydroxylation sites is 1. The number of hydrazone groups is 1. The fourth-order valence-electron chi connectivity index (χ4n) is 6.29. The molecule has 4 bridgehead atoms. The van der Waals surface area contributed by atoms with Crippen molar-refractivity contribution in [2.24, 2.45) is 28.8 Å². The van der Waals surface area contributed by atoms with Crippen molar-refractivity contribution in [1.29, 1.82) is 0 Å². The van der Waals surface area contributed by atoms with Gasteiger partial charge >= 0.3 is 0 Å². The summed E-state index contributed by atoms with van der Waals surface area (Å²) in [6.07, 6.45) is 7.30. The first kappa shape index (κ1) is 18.2. The van der Waals surface area contributed by atoms with Crippen molar-refractivity contribution in [3.05, 3.63) is 30.3 Å². The number of carbonyl (C=O) groups excluding carboxylic acids is 1. The van der Waals surface area contributed by atoms with Crippen molar-refractivity contribution in [2.45, 2.75) is 38.5 Å². The molecule has 1 aromatic rings. The highest BCUT2D eigenvalue weighted by atomic mass is 16.2. The van der Waals surface area contributed by atoms with E-state index >= 15 is 0 Å². The van der Waals surface area contributed by atoms with Gasteiger partial charge in [-0.2, -0.15) is 5.10 Å². The molecule has 5 nitrogen and oxygen atoms in total. The molecule has 1 saturated heterocycles. The first-order chi connectivity index (χ1) is 13.7. The maximum atomic E-state index is 12.4. The Bertz CT molecular complexity index is 693. The molecule has 1 heterocycles. The molecule has 1 amide bonds. The van der Waals surface area contributed by atoms with E-state index in [1.165, 1.54) is 48.4 Å². The SMILES string of the molecule is O=C(CC[NH+]1CCN(c2ccccc2)CC1)NN=C1C2CC3CC(C2)CC1C3. The van der Waals surface area contributed by atoms with Gasteiger partial charge in [-0.25, -0.2) is 5.43 Å². The Balaban J connectivity index is 1.06. The Morgan fingerprint density at radius 2 is 1.64 bits per heavy atom. The van der Waals surface area contributed by atoms with Crippen LogP contribution in [-0.2, 0) is 4.79 Å². The number of benzene rings is 1. The Morgan fingerprint density at radius 3 is 2.29 bits per heavy atom. The van der Waals surface area contributed by atoms with Crippen LogP contribution in [0.25, 0.3) is 0 Å². The molecule has 150 valence electrons. The lowest BCUT2D eigenvalue weighted by molar-refractivity contribution is -0.900. The topological polar surface area (TPSA) is 49.1 Å². The predicted octanol–water partition coefficient (Wildman–Crippen LogP) is 1.71. The summed E-state index contributed by atoms with van der Waals surface area (Å²) in [6, 6.07) is 10.6. The number of anilines is 1. The molecular formula is C23H33N4O+. The molecule has 5 fully saturated rings. The highest BCUT2D eigenvalue weighted by Crippen LogP contribution is 2.52. The molecule has 6 rings (SSSR count). The number of hydrogen-bond donors (Lipinski definition) is 2. The van der Waals surface area contributed by atoms with Crippen molar-refractivity contribution in [2.75, 3.05) is 37.6 Å². The minimum Gasteiger partial charge on any atom is -0.360 e. The summed E-state index contributed by atoms with van der Waals surface area (Å²) in [5.41, 5.74) is 5.54. The third-order valence-corrected chi connectivity index (χ3v) is 7.58. The fraction of sp³-hybridized carbons (Fsp3) is 0.652. The molecule has 1 aromatic carbocycles. The van der Waals surface area contributed by atoms with E-state index in [0.717, 1.165) is 44.6 Å². The van der Waals surface area contributed by atoms with Crippen molar-refractivity contribution in [3.63, 3.8) is 0 Å². The van der Waals surface area contributed by atoms with Gasteiger partial charge in [-0.3, -0.25) is 4.79 Å². The maximum Gasteiger partial charge on any atom is 0.245 e. The number of nitrogens with zero attached hydrogens (tertiary/aromatic N) is 2. The van der Waals surface area contributed by atoms with E-state index in [0.29, 0.717) is 18.3 Å². The molecule has 1 aliphatic heterocycles. The van der Waals surface area contributed by atoms with Crippen molar-refractivity contribution < 1.29 is 9.69 Å². The monoisotopic (exact) mass is 381 g/mol. The second kappa shape index (κ2) is 7.86. The molecule has 5 heteroatoms. The predicted molar refractivity (Wildman–Crippen MR) is 111 cm³/mol. The molecule has 2 N–H and O–H groups in total. The fourth-order valence-corrected chi connectivity index (χ4v) is 6.29. The van der Waals surface area contributed by atoms with E-state index in [1.807, 2.05) is 0 Å². The molecule has 28 heavy (non-hydrogen) atoms. The van der Waals surface area contributed by atoms with Crippen LogP contribution in [-0.4, -0.2) is 44.3 Å². The molecule has 4 saturated carbocycles. The molecule has 4 aliphatic carbocycles. The zero-order chi connectivity index (χ0) is 18.9. The van der Waals surface area contributed by atoms with Gasteiger partial charge in [-0.15, -0.1) is 0 Å². The van der Waals surface area contributed by atoms with Crippen LogP contribution in [0.15, 0.2) is 35.4 Å². The summed E-state index contributed by atoms with van der Waals surface area (Å²) < 4.78 is 0. The lowest BCUT2D eigenvalue weighted by Gasteiger charge is -2.50. The molecule has 0 atom stereocenters. The number of amides is 1. The van der Waals surface area contributed by atoms with E-state index in [4.69, 9.17) is 0 Å². The summed E-state index contributed by atoms with van der Waals surface area (Å²) in [4.78, 5) is 16.3. The lowest BCUT2D eigenvalue weighted by Crippen LogP contribution is -3.15. The van der Waals surface area contributed by atoms with Gasteiger partial charge in [0.2, 0.25) is 5.91 Å². The molecule has 0 unspecified atom stereocenters. The number of hydrogen-bond acceptors (Lipinski definition) is 3. The van der Waals surface area contributed by atoms with Gasteiger partial charge in [-0.1, -0.05) is 18.2 Å². The van der Waals surface area contributed by atoms with E-state index < -0.39 is 0 Å². The van der Waals surface area contributed by atoms with Crippen molar-refractivity contribution in [3.8, 4) is 0 Å². The molecule has 5 aliphatic rings. The Morgan fingerprint density at radius 1 is 1.00 bits per heavy atom. The maximum absolute atomic E-state index is 12.4. The lowest BCUT2D eigenvalue weighted by atomic mass is 9.55. The third-order valence-electron chi connectivity index (χ3n) is 7.58. The van der Waals surface area contributed by atoms with Crippen LogP contribution < -0.4 is 15.2 Å². The number of piperazine rings is 1. The summed E-state index contributed by atoms with van der Waals surface area (Å²) in [6.45, 7) is 5.24. The van der Waals surface area contributed by atoms with E-state index in [9.17, 15) is 4.79 Å². The van der Waals surface area contributed by atoms with E-state index in [2.05, 4.69) is 45.8 Å². The minimum absolute atomic E-state index is 0.0966. The van der Waals surface area contributed by atoms with Gasteiger partial charge in [0.05, 0.1) is 39.1 Å². The van der Waals surface area contributed by atoms with Gasteiger partial charge in [0.25, 0.3) is 0 Å². The van der Waals surface area contributed by atoms with Gasteiger partial charge in [0, 0.05) is 11.4 Å². The van der Waals surface area contributed by atoms with Gasteiger partial charge in [0.1, 0.15) is 0 Å². The van der Waals surface area contributed by atoms with E-state index in [1.54, 1.807) is 0 Å². The minimum atomic E-state index is 0.0966. The molecule has 0 aromatic heterocycles. The summed E-state index contributed by atoms with van der Waals surface area (Å²) in [5.74, 6) is 3.30. The third kappa shape index (κ3) is 3.82. The average molecular weight is 382 g/mol. The molecule has 0 radical (unpaired) electrons. The summed E-state index contributed by atoms with van der Waals surface area (Å²) >= 11 is 0. The highest BCUT2D eigenvalue weighted by Gasteiger charge is 2.46. The number of nitrogens with one attached hydrogen (secondary N) is 2. The average Bonchev–Trinajstić information content (AvgIpc) is 2.72. The highest BCUT2D eigenvalue weighted by molar-refractivity contribution is 5.91. The van der Waals surface area contributed by atoms with E-state index in [-0.39, 0.29) is 5.91 Å². The molecular weight excluding hydrogens is 348 g/mol. The second-order valence-corrected chi connectivity index (χ2v) is 9.45. The quantitative estimate of drug-likeness (QED) is 0.763. The van der Waals surface area contributed by atoms with Gasteiger partial charge in [0.15, 0.2) is 0 Å². The smallest absolute Gasteiger partial charge is 0.245 e. The zero-order valence-corrected chi connectivity index (χ0v) is 16.8. The van der Waals surface area contributed by atoms with Crippen LogP contribution in [0.2, 0.25) is 0 Å². The van der Waals surface area contributed by atoms with Crippen LogP contribution >= 0.6 is 0 Å². The van der Waals surface area contributed by atoms with Crippen LogP contribution in [0.3, 0.4) is 0 Å². The first-order valence-corrected chi connectivity index (χ1v) is 11.2. The summed E-state index contributed by atoms with van der Waals surface area (Å²) in [7, 11) is 0. The van der Waals surface area contributed by atoms with Crippen molar-refractivity contribution >= 4 is 17.3 Å². The standard InChI is InChI=1S/C23H32N4O/c28-22(24-25-23-19-13-17-12-18(15-19)16-20(23)14-17)6-7-26-8-10-27(11-9-26)21-4-2-1-3-5-21/h1-5,17-20H,6-16H2,(H,24,28)/p+1. The Labute approximate surface area is 168 Å². The summed E-state index contributed by atoms with van der Waals surface area (Å²) in [5, 5.41) is 4.64. The largest absolute Gasteiger partial charge is 0.360 e. The normalized spacial score (nSPS) is 31.9. The van der Waals surface area contributed by atoms with Crippen LogP contribution in [0.4, 0.5) is 5.69 Å². The van der Waals surface area contributed by atoms with Crippen LogP contribution in [0, 0.1) is 23.7 Å². The number of carbonyl (C=O) groups is 1. The number of quaternary nitrogens is 1. The van der Waals surface area contributed by atoms with Crippen molar-refractivity contribution in [1.82, 2.24) is 5.43 Å². The van der Waals surface area contributed by atoms with Gasteiger partial charge < -0.3 is 9.80 Å². The first-order valence-electron chi connectivity index (χ1n) is 11.2. The van der Waals surface area contributed by atoms with Gasteiger partial charge in [-0.05, 0) is 67.9 Å². The Kier molecular flexibility index (Phi) is 5.10. The number of rotatable bonds is 5. The van der Waals surface area contributed by atoms with Crippen LogP contribution in [0.1, 0.15) is 38.5 Å². The zero-order valence-electron chi connectivity index (χ0n) is 16.8.